The summed E-state index contributed by atoms with van der Waals surface area (Å²) in [5.74, 6) is 0.876. The lowest BCUT2D eigenvalue weighted by Crippen LogP contribution is -2.36. The van der Waals surface area contributed by atoms with Gasteiger partial charge in [-0.15, -0.1) is 0 Å². The van der Waals surface area contributed by atoms with Crippen molar-refractivity contribution in [3.63, 3.8) is 0 Å². The van der Waals surface area contributed by atoms with Crippen LogP contribution in [-0.2, 0) is 22.6 Å². The van der Waals surface area contributed by atoms with E-state index in [2.05, 4.69) is 56.7 Å². The second-order valence-electron chi connectivity index (χ2n) is 8.61. The highest BCUT2D eigenvalue weighted by atomic mass is 16.5. The average molecular weight is 499 g/mol. The van der Waals surface area contributed by atoms with Gasteiger partial charge < -0.3 is 30.2 Å². The fourth-order valence-electron chi connectivity index (χ4n) is 4.15. The van der Waals surface area contributed by atoms with Gasteiger partial charge in [-0.3, -0.25) is 4.79 Å². The number of imidazole rings is 1. The number of rotatable bonds is 10. The number of fused-ring (bicyclic) bond motifs is 1. The summed E-state index contributed by atoms with van der Waals surface area (Å²) in [6, 6.07) is 18.4. The Morgan fingerprint density at radius 3 is 2.59 bits per heavy atom. The van der Waals surface area contributed by atoms with Crippen LogP contribution in [-0.4, -0.2) is 58.3 Å². The number of benzene rings is 2. The van der Waals surface area contributed by atoms with Crippen molar-refractivity contribution in [3.05, 3.63) is 79.1 Å². The number of ether oxygens (including phenoxy) is 1. The summed E-state index contributed by atoms with van der Waals surface area (Å²) in [6.45, 7) is 8.31. The maximum Gasteiger partial charge on any atom is 0.243 e. The van der Waals surface area contributed by atoms with Gasteiger partial charge in [0.05, 0.1) is 19.5 Å². The largest absolute Gasteiger partial charge is 0.378 e. The van der Waals surface area contributed by atoms with Crippen molar-refractivity contribution in [3.8, 4) is 0 Å². The number of amides is 1. The molecule has 0 unspecified atom stereocenters. The first-order chi connectivity index (χ1) is 18.2. The zero-order chi connectivity index (χ0) is 25.5. The summed E-state index contributed by atoms with van der Waals surface area (Å²) in [7, 11) is 0. The fraction of sp³-hybridized carbons (Fsp3) is 0.259. The Kier molecular flexibility index (Phi) is 7.56. The van der Waals surface area contributed by atoms with Gasteiger partial charge >= 0.3 is 0 Å². The smallest absolute Gasteiger partial charge is 0.243 e. The zero-order valence-electron chi connectivity index (χ0n) is 20.6. The van der Waals surface area contributed by atoms with E-state index in [4.69, 9.17) is 14.7 Å². The van der Waals surface area contributed by atoms with Crippen molar-refractivity contribution in [2.24, 2.45) is 0 Å². The van der Waals surface area contributed by atoms with Crippen LogP contribution in [0.15, 0.2) is 73.6 Å². The quantitative estimate of drug-likeness (QED) is 0.286. The number of aromatic nitrogens is 4. The first kappa shape index (κ1) is 24.3. The lowest BCUT2D eigenvalue weighted by atomic mass is 10.2. The summed E-state index contributed by atoms with van der Waals surface area (Å²) < 4.78 is 7.36. The molecule has 2 aromatic heterocycles. The molecular formula is C27H30N8O2. The Bertz CT molecular complexity index is 1350. The molecule has 3 heterocycles. The van der Waals surface area contributed by atoms with Crippen LogP contribution < -0.4 is 20.9 Å². The van der Waals surface area contributed by atoms with Crippen LogP contribution in [0.2, 0.25) is 0 Å². The lowest BCUT2D eigenvalue weighted by molar-refractivity contribution is -0.116. The second kappa shape index (κ2) is 11.5. The third kappa shape index (κ3) is 6.04. The third-order valence-electron chi connectivity index (χ3n) is 6.10. The molecule has 3 N–H and O–H groups in total. The van der Waals surface area contributed by atoms with E-state index in [0.717, 1.165) is 43.2 Å². The highest BCUT2D eigenvalue weighted by molar-refractivity contribution is 5.87. The molecule has 190 valence electrons. The molecule has 0 saturated carbocycles. The molecule has 2 aromatic carbocycles. The maximum atomic E-state index is 11.6. The normalized spacial score (nSPS) is 13.4. The fourth-order valence-corrected chi connectivity index (χ4v) is 4.15. The van der Waals surface area contributed by atoms with E-state index < -0.39 is 0 Å². The summed E-state index contributed by atoms with van der Waals surface area (Å²) >= 11 is 0. The molecule has 1 amide bonds. The van der Waals surface area contributed by atoms with Gasteiger partial charge in [0.15, 0.2) is 17.0 Å². The molecule has 4 aromatic rings. The van der Waals surface area contributed by atoms with E-state index in [0.29, 0.717) is 42.6 Å². The van der Waals surface area contributed by atoms with Crippen molar-refractivity contribution in [2.45, 2.75) is 13.1 Å². The highest BCUT2D eigenvalue weighted by Gasteiger charge is 2.15. The molecule has 10 heteroatoms. The topological polar surface area (TPSA) is 109 Å². The summed E-state index contributed by atoms with van der Waals surface area (Å²) in [5, 5.41) is 9.54. The molecule has 0 radical (unpaired) electrons. The van der Waals surface area contributed by atoms with Crippen LogP contribution in [0.25, 0.3) is 11.2 Å². The highest BCUT2D eigenvalue weighted by Crippen LogP contribution is 2.25. The molecule has 1 fully saturated rings. The Hall–Kier alpha value is -4.44. The molecule has 37 heavy (non-hydrogen) atoms. The maximum absolute atomic E-state index is 11.6. The zero-order valence-corrected chi connectivity index (χ0v) is 20.6. The monoisotopic (exact) mass is 498 g/mol. The Labute approximate surface area is 215 Å². The number of morpholine rings is 1. The predicted octanol–water partition coefficient (Wildman–Crippen LogP) is 3.32. The SMILES string of the molecule is C=CC(=O)NCCn1cnc2c(NCc3ccccc3)nc(Nc3ccc(N4CCOCC4)cc3)nc21. The minimum Gasteiger partial charge on any atom is -0.378 e. The van der Waals surface area contributed by atoms with Gasteiger partial charge in [0.1, 0.15) is 0 Å². The number of carbonyl (C=O) groups is 1. The van der Waals surface area contributed by atoms with Gasteiger partial charge in [-0.05, 0) is 35.9 Å². The molecule has 1 saturated heterocycles. The predicted molar refractivity (Wildman–Crippen MR) is 145 cm³/mol. The number of hydrogen-bond acceptors (Lipinski definition) is 8. The van der Waals surface area contributed by atoms with Gasteiger partial charge in [0.2, 0.25) is 11.9 Å². The van der Waals surface area contributed by atoms with Gasteiger partial charge in [0, 0.05) is 44.1 Å². The van der Waals surface area contributed by atoms with Crippen molar-refractivity contribution in [1.82, 2.24) is 24.8 Å². The van der Waals surface area contributed by atoms with Crippen molar-refractivity contribution in [1.29, 1.82) is 0 Å². The molecule has 0 bridgehead atoms. The van der Waals surface area contributed by atoms with Crippen molar-refractivity contribution in [2.75, 3.05) is 48.4 Å². The standard InChI is InChI=1S/C27H30N8O2/c1-2-23(36)28-12-13-35-19-30-24-25(29-18-20-6-4-3-5-7-20)32-27(33-26(24)35)31-21-8-10-22(11-9-21)34-14-16-37-17-15-34/h2-11,19H,1,12-18H2,(H,28,36)(H2,29,31,32,33). The molecule has 0 atom stereocenters. The van der Waals surface area contributed by atoms with Crippen LogP contribution in [0.3, 0.4) is 0 Å². The molecule has 0 spiro atoms. The Morgan fingerprint density at radius 2 is 1.84 bits per heavy atom. The number of carbonyl (C=O) groups excluding carboxylic acids is 1. The van der Waals surface area contributed by atoms with E-state index in [1.165, 1.54) is 6.08 Å². The minimum absolute atomic E-state index is 0.216. The van der Waals surface area contributed by atoms with Crippen molar-refractivity contribution >= 4 is 40.2 Å². The number of nitrogens with one attached hydrogen (secondary N) is 3. The van der Waals surface area contributed by atoms with Crippen LogP contribution >= 0.6 is 0 Å². The molecule has 5 rings (SSSR count). The molecule has 0 aliphatic carbocycles. The van der Waals surface area contributed by atoms with E-state index >= 15 is 0 Å². The van der Waals surface area contributed by atoms with Crippen LogP contribution in [0.4, 0.5) is 23.1 Å². The van der Waals surface area contributed by atoms with Crippen molar-refractivity contribution < 1.29 is 9.53 Å². The number of nitrogens with zero attached hydrogens (tertiary/aromatic N) is 5. The molecule has 1 aliphatic heterocycles. The first-order valence-electron chi connectivity index (χ1n) is 12.3. The minimum atomic E-state index is -0.216. The van der Waals surface area contributed by atoms with E-state index in [1.54, 1.807) is 6.33 Å². The van der Waals surface area contributed by atoms with E-state index in [-0.39, 0.29) is 5.91 Å². The second-order valence-corrected chi connectivity index (χ2v) is 8.61. The van der Waals surface area contributed by atoms with Gasteiger partial charge in [-0.25, -0.2) is 4.98 Å². The first-order valence-corrected chi connectivity index (χ1v) is 12.3. The average Bonchev–Trinajstić information content (AvgIpc) is 3.36. The van der Waals surface area contributed by atoms with Gasteiger partial charge in [0.25, 0.3) is 0 Å². The number of anilines is 4. The Morgan fingerprint density at radius 1 is 1.05 bits per heavy atom. The van der Waals surface area contributed by atoms with Gasteiger partial charge in [-0.2, -0.15) is 9.97 Å². The lowest BCUT2D eigenvalue weighted by Gasteiger charge is -2.28. The van der Waals surface area contributed by atoms with E-state index in [9.17, 15) is 4.79 Å². The summed E-state index contributed by atoms with van der Waals surface area (Å²) in [5.41, 5.74) is 4.52. The molecular weight excluding hydrogens is 468 g/mol. The van der Waals surface area contributed by atoms with Crippen LogP contribution in [0, 0.1) is 0 Å². The summed E-state index contributed by atoms with van der Waals surface area (Å²) in [6.07, 6.45) is 2.97. The number of hydrogen-bond donors (Lipinski definition) is 3. The summed E-state index contributed by atoms with van der Waals surface area (Å²) in [4.78, 5) is 27.9. The Balaban J connectivity index is 1.38. The molecule has 10 nitrogen and oxygen atoms in total. The van der Waals surface area contributed by atoms with Gasteiger partial charge in [-0.1, -0.05) is 36.9 Å². The third-order valence-corrected chi connectivity index (χ3v) is 6.10. The van der Waals surface area contributed by atoms with Crippen LogP contribution in [0.1, 0.15) is 5.56 Å². The molecule has 1 aliphatic rings. The van der Waals surface area contributed by atoms with E-state index in [1.807, 2.05) is 34.9 Å². The van der Waals surface area contributed by atoms with Crippen LogP contribution in [0.5, 0.6) is 0 Å².